The fourth-order valence-corrected chi connectivity index (χ4v) is 2.88. The molecule has 0 aliphatic carbocycles. The van der Waals surface area contributed by atoms with Gasteiger partial charge in [0.1, 0.15) is 11.6 Å². The maximum Gasteiger partial charge on any atom is 0.220 e. The van der Waals surface area contributed by atoms with Crippen LogP contribution in [0, 0.1) is 13.8 Å². The number of pyridine rings is 1. The van der Waals surface area contributed by atoms with Crippen LogP contribution in [0.1, 0.15) is 29.1 Å². The van der Waals surface area contributed by atoms with E-state index in [-0.39, 0.29) is 5.91 Å². The van der Waals surface area contributed by atoms with Gasteiger partial charge >= 0.3 is 0 Å². The van der Waals surface area contributed by atoms with E-state index in [0.29, 0.717) is 19.4 Å². The standard InChI is InChI=1S/C19H22N4O2/c1-12-10-20-16(13(2)19(12)25-3)11-21-18(24)9-8-17-22-14-6-4-5-7-15(14)23-17/h4-7,10H,8-9,11H2,1-3H3,(H,21,24)(H,22,23). The molecule has 0 spiro atoms. The second-order valence-electron chi connectivity index (χ2n) is 6.02. The number of amides is 1. The van der Waals surface area contributed by atoms with Crippen molar-refractivity contribution in [3.8, 4) is 5.75 Å². The minimum atomic E-state index is -0.0267. The smallest absolute Gasteiger partial charge is 0.220 e. The Morgan fingerprint density at radius 2 is 2.08 bits per heavy atom. The van der Waals surface area contributed by atoms with Gasteiger partial charge in [0.2, 0.25) is 5.91 Å². The first-order valence-corrected chi connectivity index (χ1v) is 8.28. The molecule has 0 fully saturated rings. The number of nitrogens with one attached hydrogen (secondary N) is 2. The first-order chi connectivity index (χ1) is 12.1. The van der Waals surface area contributed by atoms with Crippen molar-refractivity contribution >= 4 is 16.9 Å². The third-order valence-electron chi connectivity index (χ3n) is 4.23. The van der Waals surface area contributed by atoms with E-state index in [1.54, 1.807) is 13.3 Å². The van der Waals surface area contributed by atoms with Crippen molar-refractivity contribution < 1.29 is 9.53 Å². The first-order valence-electron chi connectivity index (χ1n) is 8.28. The lowest BCUT2D eigenvalue weighted by Crippen LogP contribution is -2.24. The van der Waals surface area contributed by atoms with Gasteiger partial charge in [-0.2, -0.15) is 0 Å². The van der Waals surface area contributed by atoms with Gasteiger partial charge in [0.05, 0.1) is 30.4 Å². The van der Waals surface area contributed by atoms with Gasteiger partial charge in [0.25, 0.3) is 0 Å². The van der Waals surface area contributed by atoms with Crippen molar-refractivity contribution in [2.75, 3.05) is 7.11 Å². The summed E-state index contributed by atoms with van der Waals surface area (Å²) in [5.74, 6) is 1.62. The molecular formula is C19H22N4O2. The average molecular weight is 338 g/mol. The van der Waals surface area contributed by atoms with Gasteiger partial charge in [-0.05, 0) is 26.0 Å². The molecule has 130 valence electrons. The molecule has 0 atom stereocenters. The molecule has 6 nitrogen and oxygen atoms in total. The van der Waals surface area contributed by atoms with Crippen LogP contribution in [0.3, 0.4) is 0 Å². The van der Waals surface area contributed by atoms with Crippen LogP contribution in [0.25, 0.3) is 11.0 Å². The number of imidazole rings is 1. The SMILES string of the molecule is COc1c(C)cnc(CNC(=O)CCc2nc3ccccc3[nH]2)c1C. The molecule has 0 radical (unpaired) electrons. The number of nitrogens with zero attached hydrogens (tertiary/aromatic N) is 2. The zero-order valence-electron chi connectivity index (χ0n) is 14.7. The third-order valence-corrected chi connectivity index (χ3v) is 4.23. The Balaban J connectivity index is 1.56. The number of aromatic nitrogens is 3. The van der Waals surface area contributed by atoms with E-state index in [1.165, 1.54) is 0 Å². The number of carbonyl (C=O) groups excluding carboxylic acids is 1. The Bertz CT molecular complexity index is 869. The molecule has 2 aromatic heterocycles. The van der Waals surface area contributed by atoms with Crippen molar-refractivity contribution in [2.24, 2.45) is 0 Å². The second kappa shape index (κ2) is 7.34. The summed E-state index contributed by atoms with van der Waals surface area (Å²) in [5.41, 5.74) is 4.67. The van der Waals surface area contributed by atoms with Gasteiger partial charge < -0.3 is 15.0 Å². The van der Waals surface area contributed by atoms with Crippen LogP contribution in [-0.2, 0) is 17.8 Å². The molecule has 2 heterocycles. The Labute approximate surface area is 146 Å². The first kappa shape index (κ1) is 17.0. The van der Waals surface area contributed by atoms with Crippen LogP contribution in [-0.4, -0.2) is 28.0 Å². The van der Waals surface area contributed by atoms with Gasteiger partial charge in [-0.1, -0.05) is 12.1 Å². The van der Waals surface area contributed by atoms with E-state index in [4.69, 9.17) is 4.74 Å². The highest BCUT2D eigenvalue weighted by Crippen LogP contribution is 2.23. The summed E-state index contributed by atoms with van der Waals surface area (Å²) in [6.45, 7) is 4.30. The number of aromatic amines is 1. The number of para-hydroxylation sites is 2. The Hall–Kier alpha value is -2.89. The molecule has 0 saturated heterocycles. The third kappa shape index (κ3) is 3.79. The number of carbonyl (C=O) groups is 1. The second-order valence-corrected chi connectivity index (χ2v) is 6.02. The molecule has 25 heavy (non-hydrogen) atoms. The zero-order chi connectivity index (χ0) is 17.8. The number of fused-ring (bicyclic) bond motifs is 1. The minimum Gasteiger partial charge on any atom is -0.496 e. The van der Waals surface area contributed by atoms with Gasteiger partial charge in [0.15, 0.2) is 0 Å². The monoisotopic (exact) mass is 338 g/mol. The summed E-state index contributed by atoms with van der Waals surface area (Å²) in [4.78, 5) is 24.2. The zero-order valence-corrected chi connectivity index (χ0v) is 14.7. The maximum absolute atomic E-state index is 12.1. The number of ether oxygens (including phenoxy) is 1. The topological polar surface area (TPSA) is 79.9 Å². The van der Waals surface area contributed by atoms with E-state index in [9.17, 15) is 4.79 Å². The van der Waals surface area contributed by atoms with Crippen molar-refractivity contribution in [1.82, 2.24) is 20.3 Å². The molecule has 6 heteroatoms. The molecule has 0 aliphatic heterocycles. The van der Waals surface area contributed by atoms with Crippen LogP contribution < -0.4 is 10.1 Å². The van der Waals surface area contributed by atoms with Gasteiger partial charge in [0, 0.05) is 30.2 Å². The molecule has 1 amide bonds. The number of H-pyrrole nitrogens is 1. The molecule has 3 rings (SSSR count). The predicted molar refractivity (Wildman–Crippen MR) is 96.5 cm³/mol. The predicted octanol–water partition coefficient (Wildman–Crippen LogP) is 2.83. The number of hydrogen-bond acceptors (Lipinski definition) is 4. The lowest BCUT2D eigenvalue weighted by molar-refractivity contribution is -0.121. The Morgan fingerprint density at radius 1 is 1.28 bits per heavy atom. The highest BCUT2D eigenvalue weighted by molar-refractivity contribution is 5.77. The van der Waals surface area contributed by atoms with Crippen molar-refractivity contribution in [2.45, 2.75) is 33.2 Å². The summed E-state index contributed by atoms with van der Waals surface area (Å²) in [6.07, 6.45) is 2.72. The highest BCUT2D eigenvalue weighted by atomic mass is 16.5. The van der Waals surface area contributed by atoms with E-state index < -0.39 is 0 Å². The van der Waals surface area contributed by atoms with Crippen LogP contribution in [0.4, 0.5) is 0 Å². The van der Waals surface area contributed by atoms with Gasteiger partial charge in [-0.25, -0.2) is 4.98 Å². The summed E-state index contributed by atoms with van der Waals surface area (Å²) >= 11 is 0. The summed E-state index contributed by atoms with van der Waals surface area (Å²) in [5, 5.41) is 2.92. The van der Waals surface area contributed by atoms with Crippen molar-refractivity contribution in [3.05, 3.63) is 53.1 Å². The number of aryl methyl sites for hydroxylation is 2. The molecular weight excluding hydrogens is 316 g/mol. The van der Waals surface area contributed by atoms with E-state index in [2.05, 4.69) is 20.3 Å². The summed E-state index contributed by atoms with van der Waals surface area (Å²) < 4.78 is 5.39. The van der Waals surface area contributed by atoms with Crippen LogP contribution in [0.5, 0.6) is 5.75 Å². The normalized spacial score (nSPS) is 10.8. The maximum atomic E-state index is 12.1. The molecule has 0 aliphatic rings. The molecule has 0 bridgehead atoms. The van der Waals surface area contributed by atoms with Crippen LogP contribution >= 0.6 is 0 Å². The fraction of sp³-hybridized carbons (Fsp3) is 0.316. The largest absolute Gasteiger partial charge is 0.496 e. The quantitative estimate of drug-likeness (QED) is 0.724. The number of methoxy groups -OCH3 is 1. The summed E-state index contributed by atoms with van der Waals surface area (Å²) in [7, 11) is 1.64. The van der Waals surface area contributed by atoms with Crippen LogP contribution in [0.15, 0.2) is 30.5 Å². The van der Waals surface area contributed by atoms with E-state index >= 15 is 0 Å². The lowest BCUT2D eigenvalue weighted by Gasteiger charge is -2.12. The fourth-order valence-electron chi connectivity index (χ4n) is 2.88. The number of hydrogen-bond donors (Lipinski definition) is 2. The number of benzene rings is 1. The Kier molecular flexibility index (Phi) is 4.97. The molecule has 0 saturated carbocycles. The lowest BCUT2D eigenvalue weighted by atomic mass is 10.1. The van der Waals surface area contributed by atoms with E-state index in [0.717, 1.165) is 39.4 Å². The number of rotatable bonds is 6. The minimum absolute atomic E-state index is 0.0267. The molecule has 0 unspecified atom stereocenters. The molecule has 2 N–H and O–H groups in total. The van der Waals surface area contributed by atoms with E-state index in [1.807, 2.05) is 38.1 Å². The van der Waals surface area contributed by atoms with Crippen molar-refractivity contribution in [3.63, 3.8) is 0 Å². The molecule has 3 aromatic rings. The summed E-state index contributed by atoms with van der Waals surface area (Å²) in [6, 6.07) is 7.84. The highest BCUT2D eigenvalue weighted by Gasteiger charge is 2.11. The van der Waals surface area contributed by atoms with Gasteiger partial charge in [-0.15, -0.1) is 0 Å². The van der Waals surface area contributed by atoms with Crippen molar-refractivity contribution in [1.29, 1.82) is 0 Å². The average Bonchev–Trinajstić information content (AvgIpc) is 3.02. The van der Waals surface area contributed by atoms with Crippen LogP contribution in [0.2, 0.25) is 0 Å². The van der Waals surface area contributed by atoms with Gasteiger partial charge in [-0.3, -0.25) is 9.78 Å². The molecule has 1 aromatic carbocycles. The Morgan fingerprint density at radius 3 is 2.84 bits per heavy atom.